The van der Waals surface area contributed by atoms with Crippen molar-refractivity contribution in [3.05, 3.63) is 11.6 Å². The molecule has 0 aromatic rings. The molecule has 0 bridgehead atoms. The largest absolute Gasteiger partial charge is 0.295 e. The highest BCUT2D eigenvalue weighted by molar-refractivity contribution is 5.91. The van der Waals surface area contributed by atoms with Crippen LogP contribution in [0.15, 0.2) is 11.6 Å². The summed E-state index contributed by atoms with van der Waals surface area (Å²) < 4.78 is 0. The summed E-state index contributed by atoms with van der Waals surface area (Å²) >= 11 is 0. The van der Waals surface area contributed by atoms with E-state index < -0.39 is 0 Å². The van der Waals surface area contributed by atoms with Crippen molar-refractivity contribution in [2.24, 2.45) is 52.8 Å². The third-order valence-electron chi connectivity index (χ3n) is 8.57. The summed E-state index contributed by atoms with van der Waals surface area (Å²) in [4.78, 5) is 11.8. The van der Waals surface area contributed by atoms with Crippen molar-refractivity contribution in [1.82, 2.24) is 0 Å². The highest BCUT2D eigenvalue weighted by atomic mass is 16.1. The molecular weight excluding hydrogens is 282 g/mol. The first-order valence-corrected chi connectivity index (χ1v) is 9.67. The van der Waals surface area contributed by atoms with E-state index in [1.54, 1.807) is 0 Å². The zero-order valence-electron chi connectivity index (χ0n) is 14.3. The predicted octanol–water partition coefficient (Wildman–Crippen LogP) is 4.37. The van der Waals surface area contributed by atoms with Gasteiger partial charge in [-0.05, 0) is 85.0 Å². The van der Waals surface area contributed by atoms with E-state index in [-0.39, 0.29) is 5.41 Å². The monoisotopic (exact) mass is 309 g/mol. The Kier molecular flexibility index (Phi) is 2.79. The molecule has 4 saturated carbocycles. The first kappa shape index (κ1) is 14.3. The Morgan fingerprint density at radius 1 is 1.26 bits per heavy atom. The molecule has 0 aliphatic heterocycles. The Morgan fingerprint density at radius 3 is 2.87 bits per heavy atom. The van der Waals surface area contributed by atoms with E-state index in [1.807, 2.05) is 6.08 Å². The van der Waals surface area contributed by atoms with Crippen LogP contribution in [0, 0.1) is 64.1 Å². The van der Waals surface area contributed by atoms with Crippen LogP contribution >= 0.6 is 0 Å². The lowest BCUT2D eigenvalue weighted by molar-refractivity contribution is -0.116. The number of allylic oxidation sites excluding steroid dienone is 1. The topological polar surface area (TPSA) is 40.9 Å². The molecule has 122 valence electrons. The van der Waals surface area contributed by atoms with Crippen LogP contribution in [0.2, 0.25) is 0 Å². The molecule has 23 heavy (non-hydrogen) atoms. The average molecular weight is 309 g/mol. The number of ketones is 1. The lowest BCUT2D eigenvalue weighted by Crippen LogP contribution is -2.50. The fraction of sp³-hybridized carbons (Fsp3) is 0.810. The van der Waals surface area contributed by atoms with Gasteiger partial charge in [0.1, 0.15) is 0 Å². The van der Waals surface area contributed by atoms with Crippen LogP contribution in [-0.2, 0) is 4.79 Å². The van der Waals surface area contributed by atoms with E-state index in [4.69, 9.17) is 0 Å². The number of hydrogen-bond donors (Lipinski definition) is 0. The molecule has 0 N–H and O–H groups in total. The molecule has 0 spiro atoms. The average Bonchev–Trinajstić information content (AvgIpc) is 3.22. The first-order valence-electron chi connectivity index (χ1n) is 9.67. The molecule has 5 aliphatic rings. The van der Waals surface area contributed by atoms with Crippen LogP contribution < -0.4 is 0 Å². The first-order chi connectivity index (χ1) is 11.0. The quantitative estimate of drug-likeness (QED) is 0.666. The van der Waals surface area contributed by atoms with Crippen LogP contribution in [0.3, 0.4) is 0 Å². The van der Waals surface area contributed by atoms with Gasteiger partial charge < -0.3 is 0 Å². The zero-order valence-corrected chi connectivity index (χ0v) is 14.3. The summed E-state index contributed by atoms with van der Waals surface area (Å²) in [5.74, 6) is 5.97. The minimum atomic E-state index is 0.281. The predicted molar refractivity (Wildman–Crippen MR) is 88.1 cm³/mol. The maximum Gasteiger partial charge on any atom is 0.155 e. The minimum Gasteiger partial charge on any atom is -0.295 e. The number of carbonyl (C=O) groups excluding carboxylic acids is 1. The summed E-state index contributed by atoms with van der Waals surface area (Å²) in [7, 11) is 0. The second-order valence-corrected chi connectivity index (χ2v) is 9.49. The Morgan fingerprint density at radius 2 is 2.09 bits per heavy atom. The molecule has 2 nitrogen and oxygen atoms in total. The molecular formula is C21H27NO. The van der Waals surface area contributed by atoms with E-state index in [2.05, 4.69) is 19.9 Å². The van der Waals surface area contributed by atoms with Crippen molar-refractivity contribution < 1.29 is 4.79 Å². The third-order valence-corrected chi connectivity index (χ3v) is 8.57. The van der Waals surface area contributed by atoms with Gasteiger partial charge in [-0.3, -0.25) is 4.79 Å². The van der Waals surface area contributed by atoms with Gasteiger partial charge in [0.05, 0.1) is 12.0 Å². The molecule has 0 heterocycles. The van der Waals surface area contributed by atoms with Crippen LogP contribution in [-0.4, -0.2) is 5.78 Å². The van der Waals surface area contributed by atoms with Crippen LogP contribution in [0.1, 0.15) is 52.4 Å². The molecule has 5 rings (SSSR count). The summed E-state index contributed by atoms with van der Waals surface area (Å²) in [5, 5.41) is 9.75. The molecule has 2 heteroatoms. The maximum atomic E-state index is 11.8. The van der Waals surface area contributed by atoms with E-state index in [1.165, 1.54) is 24.8 Å². The normalized spacial score (nSPS) is 56.6. The van der Waals surface area contributed by atoms with Crippen molar-refractivity contribution in [3.8, 4) is 6.07 Å². The molecule has 5 aliphatic carbocycles. The van der Waals surface area contributed by atoms with Gasteiger partial charge in [0.25, 0.3) is 0 Å². The number of fused-ring (bicyclic) bond motifs is 7. The Labute approximate surface area is 139 Å². The van der Waals surface area contributed by atoms with Crippen LogP contribution in [0.25, 0.3) is 0 Å². The van der Waals surface area contributed by atoms with E-state index >= 15 is 0 Å². The number of hydrogen-bond acceptors (Lipinski definition) is 2. The molecule has 4 fully saturated rings. The van der Waals surface area contributed by atoms with E-state index in [0.29, 0.717) is 29.5 Å². The second kappa shape index (κ2) is 4.50. The Bertz CT molecular complexity index is 643. The maximum absolute atomic E-state index is 11.8. The minimum absolute atomic E-state index is 0.281. The van der Waals surface area contributed by atoms with Crippen molar-refractivity contribution in [2.75, 3.05) is 0 Å². The lowest BCUT2D eigenvalue weighted by atomic mass is 9.48. The SMILES string of the molecule is CC1CC2=CC(=O)CC[C@@H]2[C@H]2CC[C@@]3(C)C([C@H]12)[C@@H]1C[C@@H]1[C@@H]3C#N. The van der Waals surface area contributed by atoms with Crippen LogP contribution in [0.5, 0.6) is 0 Å². The highest BCUT2D eigenvalue weighted by Gasteiger charge is 2.70. The van der Waals surface area contributed by atoms with Gasteiger partial charge >= 0.3 is 0 Å². The van der Waals surface area contributed by atoms with Crippen molar-refractivity contribution in [1.29, 1.82) is 5.26 Å². The molecule has 2 unspecified atom stereocenters. The standard InChI is InChI=1S/C21H27NO/c1-11-7-12-8-13(23)3-4-14(12)15-5-6-21(2)18(10-22)16-9-17(16)20(21)19(11)15/h8,11,14-20H,3-7,9H2,1-2H3/t11?,14-,15+,16-,17+,18-,19+,20?,21+/m0/s1. The fourth-order valence-corrected chi connectivity index (χ4v) is 7.77. The summed E-state index contributed by atoms with van der Waals surface area (Å²) in [6.45, 7) is 4.87. The zero-order chi connectivity index (χ0) is 15.9. The van der Waals surface area contributed by atoms with Gasteiger partial charge in [-0.15, -0.1) is 0 Å². The van der Waals surface area contributed by atoms with Crippen molar-refractivity contribution in [3.63, 3.8) is 0 Å². The summed E-state index contributed by atoms with van der Waals surface area (Å²) in [5.41, 5.74) is 1.75. The van der Waals surface area contributed by atoms with Gasteiger partial charge in [-0.1, -0.05) is 19.4 Å². The summed E-state index contributed by atoms with van der Waals surface area (Å²) in [6.07, 6.45) is 8.85. The number of rotatable bonds is 0. The molecule has 0 amide bonds. The number of nitrogens with zero attached hydrogens (tertiary/aromatic N) is 1. The number of carbonyl (C=O) groups is 1. The molecule has 0 radical (unpaired) electrons. The highest BCUT2D eigenvalue weighted by Crippen LogP contribution is 2.74. The fourth-order valence-electron chi connectivity index (χ4n) is 7.77. The Balaban J connectivity index is 1.53. The molecule has 0 aromatic carbocycles. The van der Waals surface area contributed by atoms with Crippen LogP contribution in [0.4, 0.5) is 0 Å². The van der Waals surface area contributed by atoms with Gasteiger partial charge in [-0.2, -0.15) is 5.26 Å². The van der Waals surface area contributed by atoms with E-state index in [9.17, 15) is 10.1 Å². The van der Waals surface area contributed by atoms with Crippen molar-refractivity contribution in [2.45, 2.75) is 52.4 Å². The summed E-state index contributed by atoms with van der Waals surface area (Å²) in [6, 6.07) is 2.71. The smallest absolute Gasteiger partial charge is 0.155 e. The third kappa shape index (κ3) is 1.72. The van der Waals surface area contributed by atoms with Crippen molar-refractivity contribution >= 4 is 5.78 Å². The van der Waals surface area contributed by atoms with E-state index in [0.717, 1.165) is 42.9 Å². The van der Waals surface area contributed by atoms with Gasteiger partial charge in [0.15, 0.2) is 5.78 Å². The molecule has 0 saturated heterocycles. The molecule has 0 aromatic heterocycles. The van der Waals surface area contributed by atoms with Gasteiger partial charge in [-0.25, -0.2) is 0 Å². The Hall–Kier alpha value is -1.10. The lowest BCUT2D eigenvalue weighted by Gasteiger charge is -2.56. The molecule has 9 atom stereocenters. The van der Waals surface area contributed by atoms with Gasteiger partial charge in [0.2, 0.25) is 0 Å². The second-order valence-electron chi connectivity index (χ2n) is 9.49. The number of nitriles is 1. The van der Waals surface area contributed by atoms with Gasteiger partial charge in [0, 0.05) is 6.42 Å².